The van der Waals surface area contributed by atoms with Gasteiger partial charge in [0.05, 0.1) is 12.4 Å². The Balaban J connectivity index is 2.21. The van der Waals surface area contributed by atoms with Gasteiger partial charge in [-0.1, -0.05) is 13.8 Å². The topological polar surface area (TPSA) is 54.6 Å². The summed E-state index contributed by atoms with van der Waals surface area (Å²) in [5.41, 5.74) is 2.78. The number of furan rings is 1. The summed E-state index contributed by atoms with van der Waals surface area (Å²) in [5, 5.41) is 9.62. The van der Waals surface area contributed by atoms with Crippen LogP contribution in [0.15, 0.2) is 22.8 Å². The van der Waals surface area contributed by atoms with E-state index in [-0.39, 0.29) is 11.6 Å². The van der Waals surface area contributed by atoms with E-state index in [1.54, 1.807) is 13.2 Å². The molecule has 4 heteroatoms. The molecule has 0 aliphatic carbocycles. The highest BCUT2D eigenvalue weighted by Crippen LogP contribution is 2.39. The van der Waals surface area contributed by atoms with Crippen molar-refractivity contribution in [1.82, 2.24) is 5.48 Å². The summed E-state index contributed by atoms with van der Waals surface area (Å²) in [4.78, 5) is 5.50. The fourth-order valence-corrected chi connectivity index (χ4v) is 2.51. The van der Waals surface area contributed by atoms with Gasteiger partial charge in [0.25, 0.3) is 0 Å². The number of rotatable bonds is 4. The van der Waals surface area contributed by atoms with E-state index in [9.17, 15) is 5.11 Å². The summed E-state index contributed by atoms with van der Waals surface area (Å²) >= 11 is 0. The van der Waals surface area contributed by atoms with Crippen molar-refractivity contribution in [3.05, 3.63) is 24.2 Å². The van der Waals surface area contributed by atoms with Crippen LogP contribution in [-0.4, -0.2) is 17.3 Å². The molecule has 0 radical (unpaired) electrons. The van der Waals surface area contributed by atoms with Gasteiger partial charge < -0.3 is 9.52 Å². The molecule has 2 heterocycles. The average molecular weight is 239 g/mol. The highest BCUT2D eigenvalue weighted by molar-refractivity contribution is 5.14. The lowest BCUT2D eigenvalue weighted by molar-refractivity contribution is -0.0478. The standard InChI is InChI=1S/C13H21NO3/c1-9(2)7-13(12-5-4-6-16-12)8-11(10(3)15)17-14-13/h4-6,9-11,14-15H,7-8H2,1-3H3/t10-,11-,13-/m1/s1. The Morgan fingerprint density at radius 1 is 1.53 bits per heavy atom. The van der Waals surface area contributed by atoms with Gasteiger partial charge >= 0.3 is 0 Å². The van der Waals surface area contributed by atoms with Crippen LogP contribution in [0, 0.1) is 5.92 Å². The zero-order chi connectivity index (χ0) is 12.5. The maximum atomic E-state index is 9.62. The number of aliphatic hydroxyl groups excluding tert-OH is 1. The van der Waals surface area contributed by atoms with Crippen LogP contribution < -0.4 is 5.48 Å². The summed E-state index contributed by atoms with van der Waals surface area (Å²) < 4.78 is 5.53. The summed E-state index contributed by atoms with van der Waals surface area (Å²) in [6.45, 7) is 6.09. The Morgan fingerprint density at radius 2 is 2.29 bits per heavy atom. The molecule has 96 valence electrons. The van der Waals surface area contributed by atoms with Gasteiger partial charge in [0, 0.05) is 6.42 Å². The monoisotopic (exact) mass is 239 g/mol. The fourth-order valence-electron chi connectivity index (χ4n) is 2.51. The second-order valence-corrected chi connectivity index (χ2v) is 5.36. The molecule has 0 bridgehead atoms. The maximum Gasteiger partial charge on any atom is 0.126 e. The van der Waals surface area contributed by atoms with Crippen molar-refractivity contribution >= 4 is 0 Å². The van der Waals surface area contributed by atoms with E-state index in [1.807, 2.05) is 12.1 Å². The van der Waals surface area contributed by atoms with Gasteiger partial charge in [-0.15, -0.1) is 0 Å². The zero-order valence-corrected chi connectivity index (χ0v) is 10.6. The summed E-state index contributed by atoms with van der Waals surface area (Å²) in [5.74, 6) is 1.40. The number of hydrogen-bond donors (Lipinski definition) is 2. The van der Waals surface area contributed by atoms with Crippen LogP contribution in [0.25, 0.3) is 0 Å². The van der Waals surface area contributed by atoms with Crippen molar-refractivity contribution in [2.75, 3.05) is 0 Å². The molecule has 1 aromatic rings. The molecule has 1 fully saturated rings. The lowest BCUT2D eigenvalue weighted by Gasteiger charge is -2.27. The van der Waals surface area contributed by atoms with Gasteiger partial charge in [-0.3, -0.25) is 4.84 Å². The van der Waals surface area contributed by atoms with Crippen LogP contribution in [0.1, 0.15) is 39.4 Å². The highest BCUT2D eigenvalue weighted by Gasteiger charge is 2.45. The Hall–Kier alpha value is -0.840. The second kappa shape index (κ2) is 4.80. The van der Waals surface area contributed by atoms with E-state index in [0.29, 0.717) is 5.92 Å². The minimum atomic E-state index is -0.480. The third-order valence-electron chi connectivity index (χ3n) is 3.24. The molecule has 1 aliphatic rings. The van der Waals surface area contributed by atoms with E-state index in [4.69, 9.17) is 9.25 Å². The molecule has 3 atom stereocenters. The van der Waals surface area contributed by atoms with Gasteiger partial charge in [-0.05, 0) is 31.4 Å². The summed E-state index contributed by atoms with van der Waals surface area (Å²) in [7, 11) is 0. The fraction of sp³-hybridized carbons (Fsp3) is 0.692. The molecule has 2 N–H and O–H groups in total. The first-order chi connectivity index (χ1) is 8.03. The largest absolute Gasteiger partial charge is 0.467 e. The molecule has 1 saturated heterocycles. The molecule has 1 aromatic heterocycles. The number of hydrogen-bond acceptors (Lipinski definition) is 4. The maximum absolute atomic E-state index is 9.62. The Kier molecular flexibility index (Phi) is 3.56. The smallest absolute Gasteiger partial charge is 0.126 e. The summed E-state index contributed by atoms with van der Waals surface area (Å²) in [6.07, 6.45) is 2.67. The van der Waals surface area contributed by atoms with Crippen molar-refractivity contribution < 1.29 is 14.4 Å². The molecule has 0 amide bonds. The van der Waals surface area contributed by atoms with E-state index < -0.39 is 6.10 Å². The molecule has 2 rings (SSSR count). The molecule has 17 heavy (non-hydrogen) atoms. The molecular weight excluding hydrogens is 218 g/mol. The Labute approximate surface area is 102 Å². The van der Waals surface area contributed by atoms with Crippen LogP contribution in [0.2, 0.25) is 0 Å². The van der Waals surface area contributed by atoms with Crippen molar-refractivity contribution in [2.24, 2.45) is 5.92 Å². The average Bonchev–Trinajstić information content (AvgIpc) is 2.83. The molecule has 0 spiro atoms. The van der Waals surface area contributed by atoms with Crippen molar-refractivity contribution in [2.45, 2.75) is 51.4 Å². The van der Waals surface area contributed by atoms with Gasteiger partial charge in [0.15, 0.2) is 0 Å². The van der Waals surface area contributed by atoms with Crippen LogP contribution in [-0.2, 0) is 10.4 Å². The van der Waals surface area contributed by atoms with Crippen molar-refractivity contribution in [3.63, 3.8) is 0 Å². The predicted molar refractivity (Wildman–Crippen MR) is 64.1 cm³/mol. The Bertz CT molecular complexity index is 348. The predicted octanol–water partition coefficient (Wildman–Crippen LogP) is 2.20. The van der Waals surface area contributed by atoms with Crippen LogP contribution in [0.4, 0.5) is 0 Å². The molecule has 0 aromatic carbocycles. The van der Waals surface area contributed by atoms with E-state index in [1.165, 1.54) is 0 Å². The minimum absolute atomic E-state index is 0.182. The number of nitrogens with one attached hydrogen (secondary N) is 1. The second-order valence-electron chi connectivity index (χ2n) is 5.36. The molecule has 4 nitrogen and oxygen atoms in total. The quantitative estimate of drug-likeness (QED) is 0.845. The normalized spacial score (nSPS) is 31.0. The van der Waals surface area contributed by atoms with Gasteiger partial charge in [-0.25, -0.2) is 0 Å². The molecule has 0 unspecified atom stereocenters. The SMILES string of the molecule is CC(C)C[C@]1(c2ccco2)C[C@H]([C@@H](C)O)ON1. The van der Waals surface area contributed by atoms with Gasteiger partial charge in [0.2, 0.25) is 0 Å². The van der Waals surface area contributed by atoms with Crippen LogP contribution in [0.3, 0.4) is 0 Å². The van der Waals surface area contributed by atoms with Gasteiger partial charge in [-0.2, -0.15) is 5.48 Å². The van der Waals surface area contributed by atoms with Crippen LogP contribution >= 0.6 is 0 Å². The van der Waals surface area contributed by atoms with E-state index in [0.717, 1.165) is 18.6 Å². The highest BCUT2D eigenvalue weighted by atomic mass is 16.7. The first kappa shape index (κ1) is 12.6. The zero-order valence-electron chi connectivity index (χ0n) is 10.6. The number of hydroxylamine groups is 1. The lowest BCUT2D eigenvalue weighted by Crippen LogP contribution is -2.37. The number of aliphatic hydroxyl groups is 1. The van der Waals surface area contributed by atoms with Crippen molar-refractivity contribution in [3.8, 4) is 0 Å². The van der Waals surface area contributed by atoms with E-state index in [2.05, 4.69) is 19.3 Å². The van der Waals surface area contributed by atoms with Gasteiger partial charge in [0.1, 0.15) is 17.4 Å². The lowest BCUT2D eigenvalue weighted by atomic mass is 9.83. The van der Waals surface area contributed by atoms with E-state index >= 15 is 0 Å². The Morgan fingerprint density at radius 3 is 2.76 bits per heavy atom. The third-order valence-corrected chi connectivity index (χ3v) is 3.24. The third kappa shape index (κ3) is 2.54. The van der Waals surface area contributed by atoms with Crippen molar-refractivity contribution in [1.29, 1.82) is 0 Å². The minimum Gasteiger partial charge on any atom is -0.467 e. The van der Waals surface area contributed by atoms with Crippen LogP contribution in [0.5, 0.6) is 0 Å². The first-order valence-corrected chi connectivity index (χ1v) is 6.18. The first-order valence-electron chi connectivity index (χ1n) is 6.18. The molecular formula is C13H21NO3. The summed E-state index contributed by atoms with van der Waals surface area (Å²) in [6, 6.07) is 3.85. The molecule has 0 saturated carbocycles. The molecule has 1 aliphatic heterocycles.